The Balaban J connectivity index is 1.43. The standard InChI is InChI=1S/C24H21N5O2S/c1-31-20-11-10-16(13-17(20)15-32-21-9-5-6-12-25-21)22-27-23-19(24(30)28-22)14-26-29(23)18-7-3-2-4-8-18/h2-14,22,27H,15H2,1H3,(H,28,30). The lowest BCUT2D eigenvalue weighted by Gasteiger charge is -2.27. The monoisotopic (exact) mass is 443 g/mol. The molecule has 1 aliphatic heterocycles. The lowest BCUT2D eigenvalue weighted by atomic mass is 10.1. The first-order chi connectivity index (χ1) is 15.7. The average Bonchev–Trinajstić information content (AvgIpc) is 3.28. The maximum Gasteiger partial charge on any atom is 0.258 e. The van der Waals surface area contributed by atoms with Crippen molar-refractivity contribution in [1.29, 1.82) is 0 Å². The van der Waals surface area contributed by atoms with Gasteiger partial charge in [0.1, 0.15) is 23.3 Å². The van der Waals surface area contributed by atoms with Crippen molar-refractivity contribution in [3.8, 4) is 11.4 Å². The van der Waals surface area contributed by atoms with Gasteiger partial charge < -0.3 is 15.4 Å². The fraction of sp³-hybridized carbons (Fsp3) is 0.125. The third kappa shape index (κ3) is 3.92. The van der Waals surface area contributed by atoms with Crippen LogP contribution in [0.5, 0.6) is 5.75 Å². The molecule has 7 nitrogen and oxygen atoms in total. The number of nitrogens with zero attached hydrogens (tertiary/aromatic N) is 3. The van der Waals surface area contributed by atoms with Crippen molar-refractivity contribution >= 4 is 23.5 Å². The summed E-state index contributed by atoms with van der Waals surface area (Å²) in [6.07, 6.45) is 2.98. The van der Waals surface area contributed by atoms with Gasteiger partial charge in [-0.1, -0.05) is 30.3 Å². The number of methoxy groups -OCH3 is 1. The van der Waals surface area contributed by atoms with Crippen LogP contribution >= 0.6 is 11.8 Å². The van der Waals surface area contributed by atoms with Crippen molar-refractivity contribution in [2.75, 3.05) is 12.4 Å². The van der Waals surface area contributed by atoms with Crippen molar-refractivity contribution < 1.29 is 9.53 Å². The Bertz CT molecular complexity index is 1240. The summed E-state index contributed by atoms with van der Waals surface area (Å²) in [5.41, 5.74) is 3.36. The second-order valence-electron chi connectivity index (χ2n) is 7.23. The zero-order chi connectivity index (χ0) is 21.9. The van der Waals surface area contributed by atoms with Crippen LogP contribution in [-0.4, -0.2) is 27.8 Å². The summed E-state index contributed by atoms with van der Waals surface area (Å²) in [4.78, 5) is 17.2. The number of ether oxygens (including phenoxy) is 1. The fourth-order valence-electron chi connectivity index (χ4n) is 3.64. The van der Waals surface area contributed by atoms with Gasteiger partial charge in [0.2, 0.25) is 0 Å². The molecule has 0 saturated carbocycles. The molecule has 1 atom stereocenters. The van der Waals surface area contributed by atoms with Crippen LogP contribution in [0.25, 0.3) is 5.69 Å². The molecule has 2 N–H and O–H groups in total. The SMILES string of the molecule is COc1ccc(C2NC(=O)c3cnn(-c4ccccc4)c3N2)cc1CSc1ccccn1. The maximum atomic E-state index is 12.8. The van der Waals surface area contributed by atoms with Crippen molar-refractivity contribution in [2.24, 2.45) is 0 Å². The quantitative estimate of drug-likeness (QED) is 0.429. The highest BCUT2D eigenvalue weighted by Gasteiger charge is 2.29. The minimum absolute atomic E-state index is 0.161. The van der Waals surface area contributed by atoms with E-state index in [4.69, 9.17) is 4.74 Å². The highest BCUT2D eigenvalue weighted by molar-refractivity contribution is 7.98. The highest BCUT2D eigenvalue weighted by atomic mass is 32.2. The fourth-order valence-corrected chi connectivity index (χ4v) is 4.48. The predicted molar refractivity (Wildman–Crippen MR) is 124 cm³/mol. The lowest BCUT2D eigenvalue weighted by molar-refractivity contribution is 0.0935. The molecule has 0 saturated heterocycles. The molecule has 5 rings (SSSR count). The zero-order valence-electron chi connectivity index (χ0n) is 17.4. The van der Waals surface area contributed by atoms with E-state index in [1.54, 1.807) is 35.9 Å². The Morgan fingerprint density at radius 1 is 1.06 bits per heavy atom. The molecule has 1 amide bonds. The van der Waals surface area contributed by atoms with Gasteiger partial charge in [-0.3, -0.25) is 4.79 Å². The van der Waals surface area contributed by atoms with E-state index in [1.165, 1.54) is 0 Å². The van der Waals surface area contributed by atoms with Crippen LogP contribution in [-0.2, 0) is 5.75 Å². The second kappa shape index (κ2) is 8.76. The molecule has 1 aliphatic rings. The number of para-hydroxylation sites is 1. The molecule has 160 valence electrons. The average molecular weight is 444 g/mol. The summed E-state index contributed by atoms with van der Waals surface area (Å²) >= 11 is 1.64. The lowest BCUT2D eigenvalue weighted by Crippen LogP contribution is -2.38. The van der Waals surface area contributed by atoms with Gasteiger partial charge in [0.15, 0.2) is 0 Å². The summed E-state index contributed by atoms with van der Waals surface area (Å²) in [6, 6.07) is 21.5. The van der Waals surface area contributed by atoms with Crippen LogP contribution < -0.4 is 15.4 Å². The molecular weight excluding hydrogens is 422 g/mol. The van der Waals surface area contributed by atoms with Crippen molar-refractivity contribution in [3.05, 3.63) is 95.8 Å². The molecule has 3 heterocycles. The van der Waals surface area contributed by atoms with E-state index >= 15 is 0 Å². The van der Waals surface area contributed by atoms with Crippen LogP contribution in [0.15, 0.2) is 84.1 Å². The van der Waals surface area contributed by atoms with E-state index in [0.717, 1.165) is 27.6 Å². The summed E-state index contributed by atoms with van der Waals surface area (Å²) in [7, 11) is 1.66. The van der Waals surface area contributed by atoms with Crippen LogP contribution in [0.3, 0.4) is 0 Å². The number of carbonyl (C=O) groups is 1. The normalized spacial score (nSPS) is 14.9. The Kier molecular flexibility index (Phi) is 5.51. The van der Waals surface area contributed by atoms with Gasteiger partial charge in [-0.25, -0.2) is 9.67 Å². The molecule has 0 radical (unpaired) electrons. The largest absolute Gasteiger partial charge is 0.496 e. The first-order valence-electron chi connectivity index (χ1n) is 10.1. The predicted octanol–water partition coefficient (Wildman–Crippen LogP) is 4.42. The minimum atomic E-state index is -0.390. The number of thioether (sulfide) groups is 1. The van der Waals surface area contributed by atoms with Gasteiger partial charge in [0, 0.05) is 17.5 Å². The van der Waals surface area contributed by atoms with Crippen LogP contribution in [0, 0.1) is 0 Å². The zero-order valence-corrected chi connectivity index (χ0v) is 18.2. The van der Waals surface area contributed by atoms with E-state index in [2.05, 4.69) is 26.8 Å². The number of nitrogens with one attached hydrogen (secondary N) is 2. The number of hydrogen-bond acceptors (Lipinski definition) is 6. The number of pyridine rings is 1. The summed E-state index contributed by atoms with van der Waals surface area (Å²) < 4.78 is 7.31. The number of fused-ring (bicyclic) bond motifs is 1. The topological polar surface area (TPSA) is 81.1 Å². The summed E-state index contributed by atoms with van der Waals surface area (Å²) in [5.74, 6) is 2.01. The number of aromatic nitrogens is 3. The van der Waals surface area contributed by atoms with Gasteiger partial charge in [-0.2, -0.15) is 5.10 Å². The number of anilines is 1. The van der Waals surface area contributed by atoms with Crippen LogP contribution in [0.4, 0.5) is 5.82 Å². The molecule has 2 aromatic heterocycles. The third-order valence-corrected chi connectivity index (χ3v) is 6.21. The number of amides is 1. The van der Waals surface area contributed by atoms with E-state index in [9.17, 15) is 4.79 Å². The molecule has 1 unspecified atom stereocenters. The Morgan fingerprint density at radius 2 is 1.91 bits per heavy atom. The number of carbonyl (C=O) groups excluding carboxylic acids is 1. The summed E-state index contributed by atoms with van der Waals surface area (Å²) in [6.45, 7) is 0. The first kappa shape index (κ1) is 20.1. The molecule has 32 heavy (non-hydrogen) atoms. The Hall–Kier alpha value is -3.78. The van der Waals surface area contributed by atoms with Crippen molar-refractivity contribution in [1.82, 2.24) is 20.1 Å². The molecular formula is C24H21N5O2S. The molecule has 0 bridgehead atoms. The smallest absolute Gasteiger partial charge is 0.258 e. The minimum Gasteiger partial charge on any atom is -0.496 e. The van der Waals surface area contributed by atoms with Crippen LogP contribution in [0.2, 0.25) is 0 Å². The van der Waals surface area contributed by atoms with Gasteiger partial charge in [-0.05, 0) is 42.0 Å². The molecule has 8 heteroatoms. The van der Waals surface area contributed by atoms with Gasteiger partial charge >= 0.3 is 0 Å². The van der Waals surface area contributed by atoms with E-state index in [-0.39, 0.29) is 5.91 Å². The number of rotatable bonds is 6. The number of benzene rings is 2. The van der Waals surface area contributed by atoms with Crippen LogP contribution in [0.1, 0.15) is 27.7 Å². The van der Waals surface area contributed by atoms with Crippen molar-refractivity contribution in [3.63, 3.8) is 0 Å². The molecule has 0 fully saturated rings. The molecule has 0 spiro atoms. The summed E-state index contributed by atoms with van der Waals surface area (Å²) in [5, 5.41) is 11.8. The van der Waals surface area contributed by atoms with E-state index < -0.39 is 6.17 Å². The molecule has 0 aliphatic carbocycles. The van der Waals surface area contributed by atoms with Gasteiger partial charge in [-0.15, -0.1) is 11.8 Å². The van der Waals surface area contributed by atoms with E-state index in [1.807, 2.05) is 60.7 Å². The Morgan fingerprint density at radius 3 is 2.69 bits per heavy atom. The van der Waals surface area contributed by atoms with E-state index in [0.29, 0.717) is 17.1 Å². The maximum absolute atomic E-state index is 12.8. The molecule has 2 aromatic carbocycles. The highest BCUT2D eigenvalue weighted by Crippen LogP contribution is 2.32. The molecule has 4 aromatic rings. The van der Waals surface area contributed by atoms with Gasteiger partial charge in [0.05, 0.1) is 24.0 Å². The Labute approximate surface area is 189 Å². The second-order valence-corrected chi connectivity index (χ2v) is 8.23. The van der Waals surface area contributed by atoms with Crippen molar-refractivity contribution in [2.45, 2.75) is 16.9 Å². The first-order valence-corrected chi connectivity index (χ1v) is 11.1. The van der Waals surface area contributed by atoms with Gasteiger partial charge in [0.25, 0.3) is 5.91 Å². The third-order valence-electron chi connectivity index (χ3n) is 5.22. The number of hydrogen-bond donors (Lipinski definition) is 2.